The first kappa shape index (κ1) is 21.5. The Bertz CT molecular complexity index is 1010. The summed E-state index contributed by atoms with van der Waals surface area (Å²) in [6.45, 7) is 2.73. The van der Waals surface area contributed by atoms with Crippen molar-refractivity contribution >= 4 is 23.2 Å². The molecule has 0 saturated heterocycles. The molecular weight excluding hydrogens is 401 g/mol. The summed E-state index contributed by atoms with van der Waals surface area (Å²) >= 11 is 0. The molecule has 2 N–H and O–H groups in total. The van der Waals surface area contributed by atoms with Gasteiger partial charge >= 0.3 is 6.18 Å². The van der Waals surface area contributed by atoms with Crippen LogP contribution in [0, 0.1) is 0 Å². The molecule has 2 amide bonds. The zero-order valence-corrected chi connectivity index (χ0v) is 16.3. The lowest BCUT2D eigenvalue weighted by atomic mass is 10.1. The lowest BCUT2D eigenvalue weighted by Gasteiger charge is -2.11. The lowest BCUT2D eigenvalue weighted by Crippen LogP contribution is -2.28. The van der Waals surface area contributed by atoms with E-state index < -0.39 is 24.9 Å². The molecule has 3 heterocycles. The zero-order chi connectivity index (χ0) is 21.7. The Labute approximate surface area is 170 Å². The van der Waals surface area contributed by atoms with Crippen molar-refractivity contribution in [3.63, 3.8) is 0 Å². The minimum atomic E-state index is -4.36. The summed E-state index contributed by atoms with van der Waals surface area (Å²) in [7, 11) is 0. The van der Waals surface area contributed by atoms with E-state index >= 15 is 0 Å². The van der Waals surface area contributed by atoms with Crippen LogP contribution in [0.15, 0.2) is 35.1 Å². The van der Waals surface area contributed by atoms with Crippen LogP contribution in [0.4, 0.5) is 13.2 Å². The highest BCUT2D eigenvalue weighted by Gasteiger charge is 2.27. The number of carbonyl (C=O) groups is 2. The van der Waals surface area contributed by atoms with Crippen molar-refractivity contribution in [2.24, 2.45) is 4.99 Å². The first-order chi connectivity index (χ1) is 14.2. The number of rotatable bonds is 7. The quantitative estimate of drug-likeness (QED) is 0.714. The standard InChI is InChI=1S/C19H21F3N6O2/c1-12-15(3-2-6-23-12)18(30)25-10-14-11-28-16(27-14)7-13(9-26-28)8-24-17(29)4-5-19(20,21)22/h3,7,9,11H,2,4-6,8,10H2,1H3,(H,24,29)(H,25,30). The van der Waals surface area contributed by atoms with E-state index in [1.165, 1.54) is 10.7 Å². The summed E-state index contributed by atoms with van der Waals surface area (Å²) in [5.41, 5.74) is 2.96. The normalized spacial score (nSPS) is 14.3. The molecule has 1 aliphatic rings. The molecule has 0 spiro atoms. The van der Waals surface area contributed by atoms with Crippen LogP contribution in [0.2, 0.25) is 0 Å². The minimum absolute atomic E-state index is 0.0475. The van der Waals surface area contributed by atoms with E-state index in [1.54, 1.807) is 19.2 Å². The van der Waals surface area contributed by atoms with Gasteiger partial charge in [0.05, 0.1) is 36.6 Å². The molecule has 1 aliphatic heterocycles. The number of amides is 2. The molecule has 2 aromatic rings. The van der Waals surface area contributed by atoms with E-state index in [9.17, 15) is 22.8 Å². The molecule has 11 heteroatoms. The molecule has 0 saturated carbocycles. The van der Waals surface area contributed by atoms with Gasteiger partial charge in [0.15, 0.2) is 5.65 Å². The van der Waals surface area contributed by atoms with Gasteiger partial charge in [0, 0.05) is 25.2 Å². The third-order valence-corrected chi connectivity index (χ3v) is 4.44. The number of alkyl halides is 3. The highest BCUT2D eigenvalue weighted by molar-refractivity contribution is 6.20. The number of aliphatic imine (C=N–C) groups is 1. The minimum Gasteiger partial charge on any atom is -0.352 e. The zero-order valence-electron chi connectivity index (χ0n) is 16.3. The third kappa shape index (κ3) is 5.88. The second-order valence-electron chi connectivity index (χ2n) is 6.85. The van der Waals surface area contributed by atoms with Crippen LogP contribution in [0.5, 0.6) is 0 Å². The number of halogens is 3. The molecule has 8 nitrogen and oxygen atoms in total. The summed E-state index contributed by atoms with van der Waals surface area (Å²) in [5.74, 6) is -0.905. The van der Waals surface area contributed by atoms with Crippen LogP contribution in [0.1, 0.15) is 37.4 Å². The maximum Gasteiger partial charge on any atom is 0.389 e. The Hall–Kier alpha value is -3.24. The van der Waals surface area contributed by atoms with Crippen molar-refractivity contribution in [2.75, 3.05) is 6.54 Å². The molecule has 0 radical (unpaired) electrons. The molecule has 0 aromatic carbocycles. The number of aromatic nitrogens is 3. The van der Waals surface area contributed by atoms with Gasteiger partial charge in [-0.25, -0.2) is 9.50 Å². The molecular formula is C19H21F3N6O2. The highest BCUT2D eigenvalue weighted by atomic mass is 19.4. The predicted octanol–water partition coefficient (Wildman–Crippen LogP) is 2.10. The highest BCUT2D eigenvalue weighted by Crippen LogP contribution is 2.21. The van der Waals surface area contributed by atoms with E-state index in [4.69, 9.17) is 0 Å². The molecule has 30 heavy (non-hydrogen) atoms. The van der Waals surface area contributed by atoms with Gasteiger partial charge in [-0.2, -0.15) is 18.3 Å². The third-order valence-electron chi connectivity index (χ3n) is 4.44. The van der Waals surface area contributed by atoms with Gasteiger partial charge in [0.1, 0.15) is 0 Å². The molecule has 0 atom stereocenters. The van der Waals surface area contributed by atoms with Gasteiger partial charge in [0.25, 0.3) is 5.91 Å². The average molecular weight is 422 g/mol. The summed E-state index contributed by atoms with van der Waals surface area (Å²) in [4.78, 5) is 32.5. The van der Waals surface area contributed by atoms with E-state index in [1.807, 2.05) is 6.08 Å². The van der Waals surface area contributed by atoms with Gasteiger partial charge in [-0.1, -0.05) is 6.08 Å². The first-order valence-corrected chi connectivity index (χ1v) is 9.38. The summed E-state index contributed by atoms with van der Waals surface area (Å²) in [6.07, 6.45) is -0.392. The maximum atomic E-state index is 12.3. The molecule has 0 fully saturated rings. The number of nitrogens with zero attached hydrogens (tertiary/aromatic N) is 4. The topological polar surface area (TPSA) is 101 Å². The molecule has 3 rings (SSSR count). The molecule has 0 aliphatic carbocycles. The fourth-order valence-corrected chi connectivity index (χ4v) is 2.89. The van der Waals surface area contributed by atoms with Crippen molar-refractivity contribution in [3.05, 3.63) is 41.4 Å². The number of hydrogen-bond acceptors (Lipinski definition) is 5. The Balaban J connectivity index is 1.55. The Morgan fingerprint density at radius 1 is 1.23 bits per heavy atom. The SMILES string of the molecule is CC1=NCCC=C1C(=O)NCc1cn2ncc(CNC(=O)CCC(F)(F)F)cc2n1. The van der Waals surface area contributed by atoms with E-state index in [0.717, 1.165) is 6.42 Å². The predicted molar refractivity (Wildman–Crippen MR) is 103 cm³/mol. The number of imidazole rings is 1. The van der Waals surface area contributed by atoms with Crippen LogP contribution in [-0.2, 0) is 22.7 Å². The second kappa shape index (κ2) is 9.06. The Kier molecular flexibility index (Phi) is 6.48. The molecule has 0 unspecified atom stereocenters. The molecule has 2 aromatic heterocycles. The number of nitrogens with one attached hydrogen (secondary N) is 2. The monoisotopic (exact) mass is 422 g/mol. The number of dihydropyridines is 1. The summed E-state index contributed by atoms with van der Waals surface area (Å²) in [6, 6.07) is 1.67. The Morgan fingerprint density at radius 2 is 2.03 bits per heavy atom. The van der Waals surface area contributed by atoms with Gasteiger partial charge in [-0.15, -0.1) is 0 Å². The molecule has 0 bridgehead atoms. The van der Waals surface area contributed by atoms with Crippen LogP contribution in [0.25, 0.3) is 5.65 Å². The van der Waals surface area contributed by atoms with Crippen molar-refractivity contribution in [2.45, 2.75) is 45.5 Å². The van der Waals surface area contributed by atoms with Crippen LogP contribution in [-0.4, -0.2) is 44.8 Å². The van der Waals surface area contributed by atoms with Gasteiger partial charge in [-0.3, -0.25) is 14.6 Å². The second-order valence-corrected chi connectivity index (χ2v) is 6.85. The summed E-state index contributed by atoms with van der Waals surface area (Å²) < 4.78 is 38.0. The van der Waals surface area contributed by atoms with Gasteiger partial charge in [-0.05, 0) is 25.0 Å². The maximum absolute atomic E-state index is 12.3. The van der Waals surface area contributed by atoms with E-state index in [-0.39, 0.29) is 19.0 Å². The van der Waals surface area contributed by atoms with Crippen molar-refractivity contribution in [3.8, 4) is 0 Å². The number of fused-ring (bicyclic) bond motifs is 1. The van der Waals surface area contributed by atoms with E-state index in [0.29, 0.717) is 34.7 Å². The lowest BCUT2D eigenvalue weighted by molar-refractivity contribution is -0.144. The van der Waals surface area contributed by atoms with Crippen molar-refractivity contribution in [1.82, 2.24) is 25.2 Å². The van der Waals surface area contributed by atoms with Crippen LogP contribution in [0.3, 0.4) is 0 Å². The van der Waals surface area contributed by atoms with Crippen LogP contribution < -0.4 is 10.6 Å². The summed E-state index contributed by atoms with van der Waals surface area (Å²) in [5, 5.41) is 9.41. The van der Waals surface area contributed by atoms with Crippen LogP contribution >= 0.6 is 0 Å². The largest absolute Gasteiger partial charge is 0.389 e. The van der Waals surface area contributed by atoms with Crippen molar-refractivity contribution < 1.29 is 22.8 Å². The number of carbonyl (C=O) groups excluding carboxylic acids is 2. The fraction of sp³-hybridized carbons (Fsp3) is 0.421. The fourth-order valence-electron chi connectivity index (χ4n) is 2.89. The Morgan fingerprint density at radius 3 is 2.77 bits per heavy atom. The average Bonchev–Trinajstić information content (AvgIpc) is 3.11. The smallest absolute Gasteiger partial charge is 0.352 e. The van der Waals surface area contributed by atoms with Gasteiger partial charge < -0.3 is 10.6 Å². The van der Waals surface area contributed by atoms with E-state index in [2.05, 4.69) is 25.7 Å². The van der Waals surface area contributed by atoms with Gasteiger partial charge in [0.2, 0.25) is 5.91 Å². The number of hydrogen-bond donors (Lipinski definition) is 2. The molecule has 160 valence electrons. The van der Waals surface area contributed by atoms with Crippen molar-refractivity contribution in [1.29, 1.82) is 0 Å². The first-order valence-electron chi connectivity index (χ1n) is 9.38.